The lowest BCUT2D eigenvalue weighted by atomic mass is 10.2. The molecule has 1 aromatic heterocycles. The Morgan fingerprint density at radius 1 is 1.62 bits per heavy atom. The van der Waals surface area contributed by atoms with E-state index in [1.54, 1.807) is 0 Å². The quantitative estimate of drug-likeness (QED) is 0.740. The topological polar surface area (TPSA) is 80.0 Å². The third-order valence-electron chi connectivity index (χ3n) is 3.02. The van der Waals surface area contributed by atoms with Crippen LogP contribution in [0.1, 0.15) is 24.5 Å². The van der Waals surface area contributed by atoms with Gasteiger partial charge in [0.05, 0.1) is 6.54 Å². The van der Waals surface area contributed by atoms with Crippen LogP contribution in [0.2, 0.25) is 0 Å². The van der Waals surface area contributed by atoms with Crippen LogP contribution in [-0.4, -0.2) is 31.9 Å². The fourth-order valence-electron chi connectivity index (χ4n) is 1.69. The van der Waals surface area contributed by atoms with Gasteiger partial charge in [-0.25, -0.2) is 0 Å². The van der Waals surface area contributed by atoms with Gasteiger partial charge in [-0.15, -0.1) is 10.2 Å². The number of aliphatic carboxylic acids is 1. The van der Waals surface area contributed by atoms with Crippen molar-refractivity contribution in [2.45, 2.75) is 32.4 Å². The predicted molar refractivity (Wildman–Crippen MR) is 56.7 cm³/mol. The highest BCUT2D eigenvalue weighted by Gasteiger charge is 2.35. The second kappa shape index (κ2) is 4.21. The molecule has 1 atom stereocenters. The molecule has 2 rings (SSSR count). The van der Waals surface area contributed by atoms with Crippen LogP contribution in [-0.2, 0) is 18.4 Å². The fourth-order valence-corrected chi connectivity index (χ4v) is 1.69. The number of nitrogens with one attached hydrogen (secondary N) is 1. The molecule has 0 saturated heterocycles. The molecule has 88 valence electrons. The first-order valence-corrected chi connectivity index (χ1v) is 5.40. The highest BCUT2D eigenvalue weighted by Crippen LogP contribution is 2.32. The smallest absolute Gasteiger partial charge is 0.320 e. The maximum Gasteiger partial charge on any atom is 0.320 e. The summed E-state index contributed by atoms with van der Waals surface area (Å²) in [7, 11) is 1.87. The van der Waals surface area contributed by atoms with E-state index in [9.17, 15) is 4.79 Å². The van der Waals surface area contributed by atoms with E-state index >= 15 is 0 Å². The van der Waals surface area contributed by atoms with Gasteiger partial charge in [-0.2, -0.15) is 0 Å². The summed E-state index contributed by atoms with van der Waals surface area (Å²) in [5, 5.41) is 20.0. The number of carbonyl (C=O) groups is 1. The van der Waals surface area contributed by atoms with Crippen molar-refractivity contribution in [3.63, 3.8) is 0 Å². The minimum Gasteiger partial charge on any atom is -0.480 e. The summed E-state index contributed by atoms with van der Waals surface area (Å²) in [6, 6.07) is -0.447. The maximum absolute atomic E-state index is 11.0. The van der Waals surface area contributed by atoms with Crippen LogP contribution < -0.4 is 5.32 Å². The summed E-state index contributed by atoms with van der Waals surface area (Å²) >= 11 is 0. The van der Waals surface area contributed by atoms with E-state index in [0.29, 0.717) is 6.54 Å². The van der Waals surface area contributed by atoms with Crippen molar-refractivity contribution in [2.75, 3.05) is 0 Å². The lowest BCUT2D eigenvalue weighted by Gasteiger charge is -2.12. The summed E-state index contributed by atoms with van der Waals surface area (Å²) in [5.74, 6) is 1.10. The first-order valence-electron chi connectivity index (χ1n) is 5.40. The zero-order chi connectivity index (χ0) is 11.7. The van der Waals surface area contributed by atoms with E-state index in [1.165, 1.54) is 0 Å². The molecule has 0 spiro atoms. The van der Waals surface area contributed by atoms with Crippen molar-refractivity contribution in [3.8, 4) is 0 Å². The van der Waals surface area contributed by atoms with Crippen molar-refractivity contribution in [2.24, 2.45) is 13.0 Å². The highest BCUT2D eigenvalue weighted by molar-refractivity contribution is 5.74. The molecule has 1 fully saturated rings. The van der Waals surface area contributed by atoms with Gasteiger partial charge in [-0.3, -0.25) is 10.1 Å². The molecule has 1 saturated carbocycles. The standard InChI is InChI=1S/C10H16N4O2/c1-6-12-13-8(14(6)2)5-11-9(10(15)16)7-3-4-7/h7,9,11H,3-5H2,1-2H3,(H,15,16). The minimum atomic E-state index is -0.776. The first kappa shape index (κ1) is 11.1. The summed E-state index contributed by atoms with van der Waals surface area (Å²) in [4.78, 5) is 11.0. The minimum absolute atomic E-state index is 0.284. The number of hydrogen-bond acceptors (Lipinski definition) is 4. The van der Waals surface area contributed by atoms with Crippen LogP contribution >= 0.6 is 0 Å². The highest BCUT2D eigenvalue weighted by atomic mass is 16.4. The van der Waals surface area contributed by atoms with Crippen LogP contribution in [0.5, 0.6) is 0 Å². The third kappa shape index (κ3) is 2.21. The van der Waals surface area contributed by atoms with Crippen LogP contribution in [0.3, 0.4) is 0 Å². The Balaban J connectivity index is 1.95. The van der Waals surface area contributed by atoms with E-state index in [0.717, 1.165) is 24.5 Å². The molecule has 1 aliphatic carbocycles. The van der Waals surface area contributed by atoms with Gasteiger partial charge in [0.2, 0.25) is 0 Å². The molecule has 16 heavy (non-hydrogen) atoms. The van der Waals surface area contributed by atoms with E-state index in [-0.39, 0.29) is 5.92 Å². The third-order valence-corrected chi connectivity index (χ3v) is 3.02. The van der Waals surface area contributed by atoms with Crippen molar-refractivity contribution in [1.29, 1.82) is 0 Å². The lowest BCUT2D eigenvalue weighted by Crippen LogP contribution is -2.38. The molecule has 1 aromatic rings. The summed E-state index contributed by atoms with van der Waals surface area (Å²) in [6.07, 6.45) is 2.00. The van der Waals surface area contributed by atoms with Crippen LogP contribution in [0.15, 0.2) is 0 Å². The Labute approximate surface area is 93.7 Å². The van der Waals surface area contributed by atoms with Crippen molar-refractivity contribution < 1.29 is 9.90 Å². The van der Waals surface area contributed by atoms with E-state index in [2.05, 4.69) is 15.5 Å². The average Bonchev–Trinajstić information content (AvgIpc) is 3.00. The molecule has 0 aromatic carbocycles. The molecular formula is C10H16N4O2. The van der Waals surface area contributed by atoms with Gasteiger partial charge in [-0.05, 0) is 25.7 Å². The van der Waals surface area contributed by atoms with Gasteiger partial charge < -0.3 is 9.67 Å². The second-order valence-corrected chi connectivity index (χ2v) is 4.26. The number of rotatable bonds is 5. The zero-order valence-corrected chi connectivity index (χ0v) is 9.47. The van der Waals surface area contributed by atoms with Crippen molar-refractivity contribution in [3.05, 3.63) is 11.6 Å². The fraction of sp³-hybridized carbons (Fsp3) is 0.700. The van der Waals surface area contributed by atoms with Gasteiger partial charge in [0.15, 0.2) is 0 Å². The molecule has 1 aliphatic rings. The second-order valence-electron chi connectivity index (χ2n) is 4.26. The lowest BCUT2D eigenvalue weighted by molar-refractivity contribution is -0.140. The van der Waals surface area contributed by atoms with E-state index in [4.69, 9.17) is 5.11 Å². The number of hydrogen-bond donors (Lipinski definition) is 2. The van der Waals surface area contributed by atoms with Crippen LogP contribution in [0.25, 0.3) is 0 Å². The zero-order valence-electron chi connectivity index (χ0n) is 9.47. The summed E-state index contributed by atoms with van der Waals surface area (Å²) < 4.78 is 1.86. The van der Waals surface area contributed by atoms with Gasteiger partial charge >= 0.3 is 5.97 Å². The number of carboxylic acid groups (broad SMARTS) is 1. The number of nitrogens with zero attached hydrogens (tertiary/aromatic N) is 3. The Morgan fingerprint density at radius 2 is 2.31 bits per heavy atom. The molecule has 1 heterocycles. The van der Waals surface area contributed by atoms with Crippen LogP contribution in [0.4, 0.5) is 0 Å². The van der Waals surface area contributed by atoms with E-state index in [1.807, 2.05) is 18.5 Å². The van der Waals surface area contributed by atoms with Crippen molar-refractivity contribution in [1.82, 2.24) is 20.1 Å². The molecule has 0 amide bonds. The van der Waals surface area contributed by atoms with Crippen molar-refractivity contribution >= 4 is 5.97 Å². The first-order chi connectivity index (χ1) is 7.59. The molecular weight excluding hydrogens is 208 g/mol. The van der Waals surface area contributed by atoms with E-state index < -0.39 is 12.0 Å². The molecule has 1 unspecified atom stereocenters. The number of aryl methyl sites for hydroxylation is 1. The average molecular weight is 224 g/mol. The van der Waals surface area contributed by atoms with Crippen LogP contribution in [0, 0.1) is 12.8 Å². The number of carboxylic acids is 1. The Bertz CT molecular complexity index is 398. The Hall–Kier alpha value is -1.43. The SMILES string of the molecule is Cc1nnc(CNC(C(=O)O)C2CC2)n1C. The molecule has 6 heteroatoms. The Kier molecular flexibility index (Phi) is 2.91. The summed E-state index contributed by atoms with van der Waals surface area (Å²) in [5.41, 5.74) is 0. The molecule has 2 N–H and O–H groups in total. The normalized spacial score (nSPS) is 17.4. The Morgan fingerprint density at radius 3 is 2.75 bits per heavy atom. The van der Waals surface area contributed by atoms with Gasteiger partial charge in [0, 0.05) is 7.05 Å². The largest absolute Gasteiger partial charge is 0.480 e. The summed E-state index contributed by atoms with van der Waals surface area (Å²) in [6.45, 7) is 2.32. The van der Waals surface area contributed by atoms with Gasteiger partial charge in [-0.1, -0.05) is 0 Å². The van der Waals surface area contributed by atoms with Gasteiger partial charge in [0.25, 0.3) is 0 Å². The molecule has 0 aliphatic heterocycles. The molecule has 0 bridgehead atoms. The monoisotopic (exact) mass is 224 g/mol. The maximum atomic E-state index is 11.0. The molecule has 6 nitrogen and oxygen atoms in total. The van der Waals surface area contributed by atoms with Gasteiger partial charge in [0.1, 0.15) is 17.7 Å². The number of aromatic nitrogens is 3. The molecule has 0 radical (unpaired) electrons. The predicted octanol–water partition coefficient (Wildman–Crippen LogP) is 0.0763.